The number of aryl methyl sites for hydroxylation is 2. The zero-order valence-corrected chi connectivity index (χ0v) is 14.2. The molecule has 2 aromatic heterocycles. The quantitative estimate of drug-likeness (QED) is 0.637. The van der Waals surface area contributed by atoms with Crippen molar-refractivity contribution >= 4 is 27.5 Å². The minimum Gasteiger partial charge on any atom is -0.131 e. The minimum atomic E-state index is 0.859. The van der Waals surface area contributed by atoms with Crippen LogP contribution < -0.4 is 0 Å². The van der Waals surface area contributed by atoms with E-state index in [0.29, 0.717) is 0 Å². The molecule has 2 rings (SSSR count). The molecule has 96 valence electrons. The summed E-state index contributed by atoms with van der Waals surface area (Å²) in [4.78, 5) is 0. The van der Waals surface area contributed by atoms with Crippen molar-refractivity contribution in [3.05, 3.63) is 44.4 Å². The van der Waals surface area contributed by atoms with Gasteiger partial charge in [0.15, 0.2) is 0 Å². The van der Waals surface area contributed by atoms with Gasteiger partial charge in [0, 0.05) is 0 Å². The van der Waals surface area contributed by atoms with E-state index < -0.39 is 0 Å². The van der Waals surface area contributed by atoms with Crippen LogP contribution in [0, 0.1) is 27.7 Å². The Hall–Kier alpha value is -0.700. The van der Waals surface area contributed by atoms with Gasteiger partial charge in [-0.15, -0.1) is 16.4 Å². The van der Waals surface area contributed by atoms with Crippen molar-refractivity contribution in [2.24, 2.45) is 0 Å². The summed E-state index contributed by atoms with van der Waals surface area (Å²) in [5.74, 6) is 4.76. The van der Waals surface area contributed by atoms with Crippen LogP contribution in [-0.2, 0) is 0 Å². The predicted octanol–water partition coefficient (Wildman–Crippen LogP) is 5.93. The molecule has 18 heavy (non-hydrogen) atoms. The maximum absolute atomic E-state index is 2.38. The summed E-state index contributed by atoms with van der Waals surface area (Å²) >= 11 is 0. The highest BCUT2D eigenvalue weighted by Gasteiger charge is 2.11. The van der Waals surface area contributed by atoms with Gasteiger partial charge in [-0.05, 0) is 97.1 Å². The molecule has 0 aliphatic carbocycles. The Morgan fingerprint density at radius 2 is 1.06 bits per heavy atom. The molecule has 2 heterocycles. The molecular formula is C16H22P2. The van der Waals surface area contributed by atoms with Gasteiger partial charge in [0.05, 0.1) is 0 Å². The van der Waals surface area contributed by atoms with E-state index in [1.165, 1.54) is 33.4 Å². The van der Waals surface area contributed by atoms with Crippen LogP contribution in [0.15, 0.2) is 11.6 Å². The number of hydrogen-bond acceptors (Lipinski definition) is 0. The smallest absolute Gasteiger partial charge is 0.00266 e. The first-order chi connectivity index (χ1) is 8.43. The average Bonchev–Trinajstić information content (AvgIpc) is 2.84. The molecule has 0 saturated carbocycles. The fourth-order valence-electron chi connectivity index (χ4n) is 2.34. The van der Waals surface area contributed by atoms with Gasteiger partial charge in [-0.2, -0.15) is 0 Å². The predicted molar refractivity (Wildman–Crippen MR) is 89.0 cm³/mol. The lowest BCUT2D eigenvalue weighted by molar-refractivity contribution is 1.37. The summed E-state index contributed by atoms with van der Waals surface area (Å²) < 4.78 is 0. The van der Waals surface area contributed by atoms with Crippen LogP contribution in [0.25, 0.3) is 11.1 Å². The Labute approximate surface area is 114 Å². The molecule has 0 bridgehead atoms. The zero-order valence-electron chi connectivity index (χ0n) is 12.2. The van der Waals surface area contributed by atoms with E-state index in [1.807, 2.05) is 0 Å². The minimum absolute atomic E-state index is 0.859. The summed E-state index contributed by atoms with van der Waals surface area (Å²) in [6.45, 7) is 13.6. The summed E-state index contributed by atoms with van der Waals surface area (Å²) in [6, 6.07) is 0. The second kappa shape index (κ2) is 5.12. The van der Waals surface area contributed by atoms with Crippen molar-refractivity contribution in [2.75, 3.05) is 0 Å². The number of allylic oxidation sites excluding steroid dienone is 2. The summed E-state index contributed by atoms with van der Waals surface area (Å²) in [5.41, 5.74) is 8.92. The van der Waals surface area contributed by atoms with Gasteiger partial charge in [0.25, 0.3) is 0 Å². The first-order valence-corrected chi connectivity index (χ1v) is 8.56. The second-order valence-electron chi connectivity index (χ2n) is 5.19. The Morgan fingerprint density at radius 3 is 1.28 bits per heavy atom. The van der Waals surface area contributed by atoms with E-state index in [1.54, 1.807) is 10.6 Å². The third-order valence-electron chi connectivity index (χ3n) is 4.11. The molecular weight excluding hydrogens is 254 g/mol. The van der Waals surface area contributed by atoms with Crippen LogP contribution in [0.1, 0.15) is 46.7 Å². The largest absolute Gasteiger partial charge is 0.131 e. The summed E-state index contributed by atoms with van der Waals surface area (Å²) in [7, 11) is 1.72. The van der Waals surface area contributed by atoms with Crippen LogP contribution in [0.2, 0.25) is 0 Å². The fourth-order valence-corrected chi connectivity index (χ4v) is 5.13. The van der Waals surface area contributed by atoms with Gasteiger partial charge in [0.1, 0.15) is 0 Å². The van der Waals surface area contributed by atoms with Crippen LogP contribution in [0.3, 0.4) is 0 Å². The van der Waals surface area contributed by atoms with Gasteiger partial charge in [0.2, 0.25) is 0 Å². The average molecular weight is 276 g/mol. The topological polar surface area (TPSA) is 0 Å². The van der Waals surface area contributed by atoms with Crippen LogP contribution in [0.4, 0.5) is 0 Å². The molecule has 0 nitrogen and oxygen atoms in total. The molecule has 2 unspecified atom stereocenters. The first-order valence-electron chi connectivity index (χ1n) is 6.40. The molecule has 0 fully saturated rings. The Kier molecular flexibility index (Phi) is 3.90. The molecule has 0 saturated heterocycles. The summed E-state index contributed by atoms with van der Waals surface area (Å²) in [6.07, 6.45) is 0. The third-order valence-corrected chi connectivity index (χ3v) is 7.34. The molecule has 0 spiro atoms. The molecule has 2 aromatic rings. The third kappa shape index (κ3) is 2.25. The Balaban J connectivity index is 2.54. The van der Waals surface area contributed by atoms with E-state index >= 15 is 0 Å². The van der Waals surface area contributed by atoms with Gasteiger partial charge < -0.3 is 0 Å². The molecule has 0 aromatic carbocycles. The molecule has 2 heteroatoms. The van der Waals surface area contributed by atoms with E-state index in [-0.39, 0.29) is 0 Å². The van der Waals surface area contributed by atoms with Crippen molar-refractivity contribution < 1.29 is 0 Å². The lowest BCUT2D eigenvalue weighted by Crippen LogP contribution is -1.86. The highest BCUT2D eigenvalue weighted by atomic mass is 31.0. The lowest BCUT2D eigenvalue weighted by atomic mass is 10.0. The maximum atomic E-state index is 2.38. The molecule has 0 aliphatic heterocycles. The highest BCUT2D eigenvalue weighted by Crippen LogP contribution is 2.40. The van der Waals surface area contributed by atoms with Crippen LogP contribution in [0.5, 0.6) is 0 Å². The van der Waals surface area contributed by atoms with Crippen molar-refractivity contribution in [3.63, 3.8) is 0 Å². The second-order valence-corrected chi connectivity index (χ2v) is 7.35. The monoisotopic (exact) mass is 276 g/mol. The van der Waals surface area contributed by atoms with Crippen molar-refractivity contribution in [1.29, 1.82) is 0 Å². The maximum Gasteiger partial charge on any atom is -0.00266 e. The van der Waals surface area contributed by atoms with E-state index in [2.05, 4.69) is 53.1 Å². The normalized spacial score (nSPS) is 13.7. The molecule has 0 N–H and O–H groups in total. The van der Waals surface area contributed by atoms with E-state index in [0.717, 1.165) is 16.4 Å². The molecule has 0 aliphatic rings. The number of rotatable bonds is 2. The Morgan fingerprint density at radius 1 is 0.722 bits per heavy atom. The van der Waals surface area contributed by atoms with Crippen molar-refractivity contribution in [3.8, 4) is 0 Å². The lowest BCUT2D eigenvalue weighted by Gasteiger charge is -2.09. The van der Waals surface area contributed by atoms with Crippen molar-refractivity contribution in [1.82, 2.24) is 0 Å². The number of hydrogen-bond donors (Lipinski definition) is 0. The van der Waals surface area contributed by atoms with Crippen molar-refractivity contribution in [2.45, 2.75) is 41.5 Å². The molecule has 0 amide bonds. The standard InChI is InChI=1S/C16H22P2/c1-9-7-17-15(11(9)3)13(5)14(6)16-12(4)10(2)8-18-16/h7-8,17-18H,1-6H3/b14-13-. The zero-order chi connectivity index (χ0) is 13.4. The van der Waals surface area contributed by atoms with Gasteiger partial charge in [-0.1, -0.05) is 0 Å². The van der Waals surface area contributed by atoms with Crippen LogP contribution >= 0.6 is 16.4 Å². The Bertz CT molecular complexity index is 555. The van der Waals surface area contributed by atoms with Gasteiger partial charge >= 0.3 is 0 Å². The van der Waals surface area contributed by atoms with Gasteiger partial charge in [-0.25, -0.2) is 0 Å². The van der Waals surface area contributed by atoms with Crippen LogP contribution in [-0.4, -0.2) is 0 Å². The first kappa shape index (κ1) is 13.7. The molecule has 2 atom stereocenters. The molecule has 0 radical (unpaired) electrons. The van der Waals surface area contributed by atoms with E-state index in [9.17, 15) is 0 Å². The fraction of sp³-hybridized carbons (Fsp3) is 0.375. The summed E-state index contributed by atoms with van der Waals surface area (Å²) in [5, 5.41) is 3.14. The SMILES string of the molecule is C/C(=C(\C)c1[pH]cc(C)c1C)c1[pH]cc(C)c1C. The van der Waals surface area contributed by atoms with Gasteiger partial charge in [-0.3, -0.25) is 0 Å². The van der Waals surface area contributed by atoms with E-state index in [4.69, 9.17) is 0 Å². The highest BCUT2D eigenvalue weighted by molar-refractivity contribution is 7.32.